The van der Waals surface area contributed by atoms with E-state index in [9.17, 15) is 0 Å². The van der Waals surface area contributed by atoms with E-state index in [4.69, 9.17) is 0 Å². The van der Waals surface area contributed by atoms with E-state index in [1.54, 1.807) is 18.4 Å². The Balaban J connectivity index is 0.00000312. The number of anilines is 1. The molecule has 0 aliphatic heterocycles. The van der Waals surface area contributed by atoms with Crippen molar-refractivity contribution in [1.29, 1.82) is 0 Å². The third-order valence-corrected chi connectivity index (χ3v) is 4.81. The molecular weight excluding hydrogens is 445 g/mol. The van der Waals surface area contributed by atoms with Crippen molar-refractivity contribution in [2.75, 3.05) is 25.0 Å². The summed E-state index contributed by atoms with van der Waals surface area (Å²) in [7, 11) is 1.79. The monoisotopic (exact) mass is 473 g/mol. The molecule has 0 unspecified atom stereocenters. The normalized spacial score (nSPS) is 11.0. The maximum Gasteiger partial charge on any atom is 0.191 e. The Morgan fingerprint density at radius 3 is 2.36 bits per heavy atom. The van der Waals surface area contributed by atoms with Crippen molar-refractivity contribution in [3.05, 3.63) is 45.8 Å². The standard InChI is InChI=1S/C18H27N5S.HI/c1-5-23(6-2)17-10-8-15(11-20-17)12-21-18(19-4)22-13-16-9-7-14(3)24-16;/h7-11H,5-6,12-13H2,1-4H3,(H2,19,21,22);1H. The van der Waals surface area contributed by atoms with Crippen LogP contribution in [-0.2, 0) is 13.1 Å². The minimum atomic E-state index is 0. The van der Waals surface area contributed by atoms with E-state index >= 15 is 0 Å². The number of guanidine groups is 1. The van der Waals surface area contributed by atoms with Gasteiger partial charge in [-0.15, -0.1) is 35.3 Å². The molecule has 2 aromatic heterocycles. The van der Waals surface area contributed by atoms with Gasteiger partial charge in [0.15, 0.2) is 5.96 Å². The van der Waals surface area contributed by atoms with Crippen LogP contribution in [0.3, 0.4) is 0 Å². The number of nitrogens with zero attached hydrogens (tertiary/aromatic N) is 3. The second-order valence-corrected chi connectivity index (χ2v) is 6.86. The molecule has 2 rings (SSSR count). The molecule has 138 valence electrons. The summed E-state index contributed by atoms with van der Waals surface area (Å²) in [6.45, 7) is 9.85. The van der Waals surface area contributed by atoms with Gasteiger partial charge in [-0.3, -0.25) is 4.99 Å². The summed E-state index contributed by atoms with van der Waals surface area (Å²) in [6, 6.07) is 8.48. The number of nitrogens with one attached hydrogen (secondary N) is 2. The van der Waals surface area contributed by atoms with Crippen molar-refractivity contribution in [2.24, 2.45) is 4.99 Å². The van der Waals surface area contributed by atoms with Crippen LogP contribution in [-0.4, -0.2) is 31.1 Å². The topological polar surface area (TPSA) is 52.5 Å². The Morgan fingerprint density at radius 2 is 1.84 bits per heavy atom. The van der Waals surface area contributed by atoms with Crippen molar-refractivity contribution in [1.82, 2.24) is 15.6 Å². The van der Waals surface area contributed by atoms with Crippen molar-refractivity contribution in [2.45, 2.75) is 33.9 Å². The van der Waals surface area contributed by atoms with Crippen LogP contribution in [0.2, 0.25) is 0 Å². The van der Waals surface area contributed by atoms with Gasteiger partial charge in [0, 0.05) is 42.6 Å². The maximum atomic E-state index is 4.55. The highest BCUT2D eigenvalue weighted by Crippen LogP contribution is 2.14. The summed E-state index contributed by atoms with van der Waals surface area (Å²) in [6.07, 6.45) is 1.93. The zero-order chi connectivity index (χ0) is 17.4. The van der Waals surface area contributed by atoms with Gasteiger partial charge >= 0.3 is 0 Å². The lowest BCUT2D eigenvalue weighted by molar-refractivity contribution is 0.808. The summed E-state index contributed by atoms with van der Waals surface area (Å²) in [4.78, 5) is 13.7. The first-order chi connectivity index (χ1) is 11.7. The Kier molecular flexibility index (Phi) is 9.81. The van der Waals surface area contributed by atoms with E-state index in [2.05, 4.69) is 70.5 Å². The van der Waals surface area contributed by atoms with Crippen LogP contribution in [0, 0.1) is 6.92 Å². The van der Waals surface area contributed by atoms with Crippen molar-refractivity contribution in [3.63, 3.8) is 0 Å². The zero-order valence-electron chi connectivity index (χ0n) is 15.4. The van der Waals surface area contributed by atoms with Gasteiger partial charge in [0.2, 0.25) is 0 Å². The maximum absolute atomic E-state index is 4.55. The van der Waals surface area contributed by atoms with E-state index in [1.165, 1.54) is 9.75 Å². The number of pyridine rings is 1. The molecule has 0 aliphatic carbocycles. The minimum Gasteiger partial charge on any atom is -0.357 e. The smallest absolute Gasteiger partial charge is 0.191 e. The number of thiophene rings is 1. The molecule has 5 nitrogen and oxygen atoms in total. The summed E-state index contributed by atoms with van der Waals surface area (Å²) < 4.78 is 0. The Morgan fingerprint density at radius 1 is 1.12 bits per heavy atom. The predicted octanol–water partition coefficient (Wildman–Crippen LogP) is 3.78. The molecule has 0 amide bonds. The van der Waals surface area contributed by atoms with Crippen molar-refractivity contribution >= 4 is 47.1 Å². The van der Waals surface area contributed by atoms with Crippen LogP contribution in [0.4, 0.5) is 5.82 Å². The number of halogens is 1. The molecule has 2 N–H and O–H groups in total. The first kappa shape index (κ1) is 21.7. The molecule has 0 atom stereocenters. The molecule has 25 heavy (non-hydrogen) atoms. The van der Waals surface area contributed by atoms with Gasteiger partial charge < -0.3 is 15.5 Å². The molecule has 2 aromatic rings. The summed E-state index contributed by atoms with van der Waals surface area (Å²) in [5.74, 6) is 1.83. The highest BCUT2D eigenvalue weighted by atomic mass is 127. The van der Waals surface area contributed by atoms with E-state index in [1.807, 2.05) is 6.20 Å². The van der Waals surface area contributed by atoms with Gasteiger partial charge in [-0.25, -0.2) is 4.98 Å². The molecule has 7 heteroatoms. The van der Waals surface area contributed by atoms with Crippen LogP contribution in [0.1, 0.15) is 29.2 Å². The number of aromatic nitrogens is 1. The Hall–Kier alpha value is -1.35. The number of rotatable bonds is 7. The van der Waals surface area contributed by atoms with Crippen LogP contribution in [0.15, 0.2) is 35.5 Å². The van der Waals surface area contributed by atoms with Crippen molar-refractivity contribution < 1.29 is 0 Å². The molecule has 0 bridgehead atoms. The Bertz CT molecular complexity index is 650. The van der Waals surface area contributed by atoms with Crippen LogP contribution in [0.25, 0.3) is 0 Å². The van der Waals surface area contributed by atoms with Crippen LogP contribution in [0.5, 0.6) is 0 Å². The van der Waals surface area contributed by atoms with Gasteiger partial charge in [-0.05, 0) is 44.5 Å². The first-order valence-electron chi connectivity index (χ1n) is 8.36. The molecule has 0 fully saturated rings. The fourth-order valence-electron chi connectivity index (χ4n) is 2.41. The molecule has 0 saturated carbocycles. The number of hydrogen-bond acceptors (Lipinski definition) is 4. The van der Waals surface area contributed by atoms with E-state index in [-0.39, 0.29) is 24.0 Å². The quantitative estimate of drug-likeness (QED) is 0.365. The molecule has 0 spiro atoms. The average molecular weight is 473 g/mol. The predicted molar refractivity (Wildman–Crippen MR) is 119 cm³/mol. The lowest BCUT2D eigenvalue weighted by atomic mass is 10.2. The highest BCUT2D eigenvalue weighted by molar-refractivity contribution is 14.0. The van der Waals surface area contributed by atoms with Gasteiger partial charge in [0.25, 0.3) is 0 Å². The number of aryl methyl sites for hydroxylation is 1. The zero-order valence-corrected chi connectivity index (χ0v) is 18.5. The third-order valence-electron chi connectivity index (χ3n) is 3.81. The lowest BCUT2D eigenvalue weighted by Crippen LogP contribution is -2.36. The fourth-order valence-corrected chi connectivity index (χ4v) is 3.24. The van der Waals surface area contributed by atoms with E-state index in [0.29, 0.717) is 6.54 Å². The number of hydrogen-bond donors (Lipinski definition) is 2. The largest absolute Gasteiger partial charge is 0.357 e. The molecule has 0 saturated heterocycles. The van der Waals surface area contributed by atoms with E-state index < -0.39 is 0 Å². The third kappa shape index (κ3) is 6.81. The van der Waals surface area contributed by atoms with Crippen LogP contribution >= 0.6 is 35.3 Å². The molecular formula is C18H28IN5S. The van der Waals surface area contributed by atoms with Gasteiger partial charge in [-0.1, -0.05) is 6.07 Å². The highest BCUT2D eigenvalue weighted by Gasteiger charge is 2.04. The molecule has 0 aliphatic rings. The fraction of sp³-hybridized carbons (Fsp3) is 0.444. The summed E-state index contributed by atoms with van der Waals surface area (Å²) >= 11 is 1.80. The molecule has 0 radical (unpaired) electrons. The molecule has 0 aromatic carbocycles. The van der Waals surface area contributed by atoms with Crippen LogP contribution < -0.4 is 15.5 Å². The average Bonchev–Trinajstić information content (AvgIpc) is 3.03. The minimum absolute atomic E-state index is 0. The van der Waals surface area contributed by atoms with Gasteiger partial charge in [0.05, 0.1) is 6.54 Å². The SMILES string of the molecule is CCN(CC)c1ccc(CNC(=NC)NCc2ccc(C)s2)cn1.I. The molecule has 2 heterocycles. The first-order valence-corrected chi connectivity index (χ1v) is 9.17. The van der Waals surface area contributed by atoms with Gasteiger partial charge in [0.1, 0.15) is 5.82 Å². The summed E-state index contributed by atoms with van der Waals surface area (Å²) in [5, 5.41) is 6.67. The second kappa shape index (κ2) is 11.3. The van der Waals surface area contributed by atoms with Crippen molar-refractivity contribution in [3.8, 4) is 0 Å². The lowest BCUT2D eigenvalue weighted by Gasteiger charge is -2.19. The second-order valence-electron chi connectivity index (χ2n) is 5.49. The number of aliphatic imine (C=N–C) groups is 1. The van der Waals surface area contributed by atoms with E-state index in [0.717, 1.165) is 37.0 Å². The summed E-state index contributed by atoms with van der Waals surface area (Å²) in [5.41, 5.74) is 1.14. The van der Waals surface area contributed by atoms with Gasteiger partial charge in [-0.2, -0.15) is 0 Å². The Labute approximate surface area is 172 Å².